The molecule has 0 bridgehead atoms. The number of fused-ring (bicyclic) bond motifs is 4. The summed E-state index contributed by atoms with van der Waals surface area (Å²) in [5.74, 6) is 0. The standard InChI is InChI=1S/C23H15N/c1-3-9-19-16(7-1)12-13-18-15-17-8-2-4-10-20(17)23(22(18)19)21-11-5-6-14-24-21/h1-15H. The van der Waals surface area contributed by atoms with Gasteiger partial charge < -0.3 is 0 Å². The van der Waals surface area contributed by atoms with E-state index < -0.39 is 0 Å². The van der Waals surface area contributed by atoms with Crippen LogP contribution >= 0.6 is 0 Å². The molecule has 4 aromatic carbocycles. The van der Waals surface area contributed by atoms with Crippen molar-refractivity contribution in [2.45, 2.75) is 0 Å². The smallest absolute Gasteiger partial charge is 0.0714 e. The Morgan fingerprint density at radius 2 is 1.25 bits per heavy atom. The Balaban J connectivity index is 2.10. The summed E-state index contributed by atoms with van der Waals surface area (Å²) in [5.41, 5.74) is 2.25. The zero-order chi connectivity index (χ0) is 15.9. The summed E-state index contributed by atoms with van der Waals surface area (Å²) in [6, 6.07) is 30.0. The van der Waals surface area contributed by atoms with Gasteiger partial charge in [-0.2, -0.15) is 0 Å². The molecule has 0 atom stereocenters. The minimum atomic E-state index is 1.02. The number of benzene rings is 4. The summed E-state index contributed by atoms with van der Waals surface area (Å²) in [5, 5.41) is 7.58. The second kappa shape index (κ2) is 5.17. The molecule has 24 heavy (non-hydrogen) atoms. The lowest BCUT2D eigenvalue weighted by Gasteiger charge is -2.13. The highest BCUT2D eigenvalue weighted by Crippen LogP contribution is 2.39. The third kappa shape index (κ3) is 1.92. The molecule has 0 saturated carbocycles. The molecule has 1 heteroatoms. The van der Waals surface area contributed by atoms with Gasteiger partial charge in [-0.3, -0.25) is 4.98 Å². The summed E-state index contributed by atoms with van der Waals surface area (Å²) in [6.07, 6.45) is 1.87. The first kappa shape index (κ1) is 13.3. The van der Waals surface area contributed by atoms with E-state index in [1.54, 1.807) is 0 Å². The molecule has 0 N–H and O–H groups in total. The van der Waals surface area contributed by atoms with Crippen molar-refractivity contribution >= 4 is 32.3 Å². The maximum Gasteiger partial charge on any atom is 0.0714 e. The summed E-state index contributed by atoms with van der Waals surface area (Å²) < 4.78 is 0. The third-order valence-corrected chi connectivity index (χ3v) is 4.67. The molecule has 0 unspecified atom stereocenters. The van der Waals surface area contributed by atoms with Crippen LogP contribution in [0.1, 0.15) is 0 Å². The monoisotopic (exact) mass is 305 g/mol. The molecule has 112 valence electrons. The highest BCUT2D eigenvalue weighted by atomic mass is 14.7. The molecule has 1 nitrogen and oxygen atoms in total. The van der Waals surface area contributed by atoms with Gasteiger partial charge in [0.2, 0.25) is 0 Å². The van der Waals surface area contributed by atoms with Gasteiger partial charge in [0.15, 0.2) is 0 Å². The fourth-order valence-corrected chi connectivity index (χ4v) is 3.62. The first-order chi connectivity index (χ1) is 11.9. The van der Waals surface area contributed by atoms with Crippen LogP contribution in [0, 0.1) is 0 Å². The first-order valence-electron chi connectivity index (χ1n) is 8.16. The SMILES string of the molecule is c1ccc(-c2c3ccccc3cc3ccc4ccccc4c23)nc1. The summed E-state index contributed by atoms with van der Waals surface area (Å²) in [7, 11) is 0. The zero-order valence-electron chi connectivity index (χ0n) is 13.1. The number of rotatable bonds is 1. The molecule has 0 fully saturated rings. The summed E-state index contributed by atoms with van der Waals surface area (Å²) in [4.78, 5) is 4.66. The molecule has 0 saturated heterocycles. The van der Waals surface area contributed by atoms with Crippen molar-refractivity contribution in [3.05, 3.63) is 91.1 Å². The molecule has 5 aromatic rings. The highest BCUT2D eigenvalue weighted by Gasteiger charge is 2.13. The van der Waals surface area contributed by atoms with Crippen molar-refractivity contribution in [2.24, 2.45) is 0 Å². The number of hydrogen-bond donors (Lipinski definition) is 0. The van der Waals surface area contributed by atoms with E-state index in [2.05, 4.69) is 83.8 Å². The van der Waals surface area contributed by atoms with Gasteiger partial charge in [-0.05, 0) is 50.5 Å². The van der Waals surface area contributed by atoms with Gasteiger partial charge in [0.25, 0.3) is 0 Å². The Bertz CT molecular complexity index is 1190. The van der Waals surface area contributed by atoms with Crippen LogP contribution in [0.25, 0.3) is 43.6 Å². The fraction of sp³-hybridized carbons (Fsp3) is 0. The van der Waals surface area contributed by atoms with Crippen molar-refractivity contribution in [3.63, 3.8) is 0 Å². The second-order valence-corrected chi connectivity index (χ2v) is 6.07. The van der Waals surface area contributed by atoms with Crippen molar-refractivity contribution in [3.8, 4) is 11.3 Å². The lowest BCUT2D eigenvalue weighted by atomic mass is 9.91. The van der Waals surface area contributed by atoms with Gasteiger partial charge >= 0.3 is 0 Å². The van der Waals surface area contributed by atoms with E-state index in [-0.39, 0.29) is 0 Å². The van der Waals surface area contributed by atoms with Crippen LogP contribution in [0.3, 0.4) is 0 Å². The number of pyridine rings is 1. The quantitative estimate of drug-likeness (QED) is 0.265. The molecule has 0 amide bonds. The average Bonchev–Trinajstić information content (AvgIpc) is 2.66. The van der Waals surface area contributed by atoms with E-state index in [9.17, 15) is 0 Å². The predicted octanol–water partition coefficient (Wildman–Crippen LogP) is 6.21. The fourth-order valence-electron chi connectivity index (χ4n) is 3.62. The Morgan fingerprint density at radius 3 is 2.08 bits per heavy atom. The van der Waals surface area contributed by atoms with Crippen molar-refractivity contribution < 1.29 is 0 Å². The Kier molecular flexibility index (Phi) is 2.86. The molecule has 0 aliphatic rings. The van der Waals surface area contributed by atoms with Crippen LogP contribution in [0.5, 0.6) is 0 Å². The largest absolute Gasteiger partial charge is 0.256 e. The molecule has 1 heterocycles. The van der Waals surface area contributed by atoms with Gasteiger partial charge in [0.1, 0.15) is 0 Å². The minimum Gasteiger partial charge on any atom is -0.256 e. The maximum atomic E-state index is 4.66. The number of aromatic nitrogens is 1. The molecule has 0 radical (unpaired) electrons. The molecule has 0 spiro atoms. The Hall–Kier alpha value is -3.19. The van der Waals surface area contributed by atoms with Crippen molar-refractivity contribution in [1.82, 2.24) is 4.98 Å². The van der Waals surface area contributed by atoms with Gasteiger partial charge in [-0.25, -0.2) is 0 Å². The van der Waals surface area contributed by atoms with Gasteiger partial charge in [-0.1, -0.05) is 66.7 Å². The van der Waals surface area contributed by atoms with Crippen LogP contribution in [0.4, 0.5) is 0 Å². The zero-order valence-corrected chi connectivity index (χ0v) is 13.1. The van der Waals surface area contributed by atoms with E-state index in [1.165, 1.54) is 37.9 Å². The number of hydrogen-bond acceptors (Lipinski definition) is 1. The van der Waals surface area contributed by atoms with Gasteiger partial charge in [-0.15, -0.1) is 0 Å². The molecular weight excluding hydrogens is 290 g/mol. The minimum absolute atomic E-state index is 1.02. The molecule has 1 aromatic heterocycles. The lowest BCUT2D eigenvalue weighted by molar-refractivity contribution is 1.34. The maximum absolute atomic E-state index is 4.66. The van der Waals surface area contributed by atoms with E-state index >= 15 is 0 Å². The van der Waals surface area contributed by atoms with Crippen LogP contribution in [-0.2, 0) is 0 Å². The van der Waals surface area contributed by atoms with Crippen LogP contribution in [0.15, 0.2) is 91.1 Å². The summed E-state index contributed by atoms with van der Waals surface area (Å²) >= 11 is 0. The van der Waals surface area contributed by atoms with Crippen LogP contribution in [-0.4, -0.2) is 4.98 Å². The molecule has 0 aliphatic heterocycles. The third-order valence-electron chi connectivity index (χ3n) is 4.67. The first-order valence-corrected chi connectivity index (χ1v) is 8.16. The highest BCUT2D eigenvalue weighted by molar-refractivity contribution is 6.21. The molecule has 0 aliphatic carbocycles. The summed E-state index contributed by atoms with van der Waals surface area (Å²) in [6.45, 7) is 0. The Labute approximate surface area is 140 Å². The second-order valence-electron chi connectivity index (χ2n) is 6.07. The van der Waals surface area contributed by atoms with Crippen LogP contribution < -0.4 is 0 Å². The molecule has 5 rings (SSSR count). The van der Waals surface area contributed by atoms with E-state index in [4.69, 9.17) is 0 Å². The topological polar surface area (TPSA) is 12.9 Å². The van der Waals surface area contributed by atoms with E-state index in [0.717, 1.165) is 5.69 Å². The normalized spacial score (nSPS) is 11.3. The van der Waals surface area contributed by atoms with E-state index in [1.807, 2.05) is 12.3 Å². The Morgan fingerprint density at radius 1 is 0.542 bits per heavy atom. The predicted molar refractivity (Wildman–Crippen MR) is 102 cm³/mol. The lowest BCUT2D eigenvalue weighted by Crippen LogP contribution is -1.89. The van der Waals surface area contributed by atoms with Crippen LogP contribution in [0.2, 0.25) is 0 Å². The van der Waals surface area contributed by atoms with Gasteiger partial charge in [0.05, 0.1) is 5.69 Å². The number of nitrogens with zero attached hydrogens (tertiary/aromatic N) is 1. The van der Waals surface area contributed by atoms with Crippen molar-refractivity contribution in [1.29, 1.82) is 0 Å². The average molecular weight is 305 g/mol. The van der Waals surface area contributed by atoms with Gasteiger partial charge in [0, 0.05) is 11.8 Å². The molecular formula is C23H15N. The van der Waals surface area contributed by atoms with E-state index in [0.29, 0.717) is 0 Å². The van der Waals surface area contributed by atoms with Crippen molar-refractivity contribution in [2.75, 3.05) is 0 Å².